The van der Waals surface area contributed by atoms with Gasteiger partial charge in [0.1, 0.15) is 23.0 Å². The number of halogens is 4. The maximum absolute atomic E-state index is 13.9. The molecule has 0 atom stereocenters. The molecular formula is C29H25ClF3NO4S. The number of hydrogen-bond donors (Lipinski definition) is 1. The first-order chi connectivity index (χ1) is 18.5. The van der Waals surface area contributed by atoms with Gasteiger partial charge in [-0.2, -0.15) is 17.5 Å². The number of carboxylic acid groups (broad SMARTS) is 1. The lowest BCUT2D eigenvalue weighted by atomic mass is 9.95. The van der Waals surface area contributed by atoms with Crippen LogP contribution in [0.15, 0.2) is 54.6 Å². The molecule has 39 heavy (non-hydrogen) atoms. The highest BCUT2D eigenvalue weighted by Crippen LogP contribution is 2.42. The van der Waals surface area contributed by atoms with Crippen molar-refractivity contribution < 1.29 is 32.5 Å². The van der Waals surface area contributed by atoms with Crippen molar-refractivity contribution in [3.8, 4) is 33.9 Å². The normalized spacial score (nSPS) is 11.5. The van der Waals surface area contributed by atoms with Crippen LogP contribution in [0, 0.1) is 13.8 Å². The molecule has 1 heterocycles. The summed E-state index contributed by atoms with van der Waals surface area (Å²) < 4.78 is 56.8. The number of aliphatic carboxylic acids is 1. The van der Waals surface area contributed by atoms with Gasteiger partial charge in [-0.25, -0.2) is 0 Å². The minimum Gasteiger partial charge on any atom is -0.495 e. The summed E-state index contributed by atoms with van der Waals surface area (Å²) in [5, 5.41) is 9.22. The Balaban J connectivity index is 1.61. The summed E-state index contributed by atoms with van der Waals surface area (Å²) >= 11 is 6.48. The molecule has 0 fully saturated rings. The lowest BCUT2D eigenvalue weighted by molar-refractivity contribution is -0.137. The summed E-state index contributed by atoms with van der Waals surface area (Å²) in [5.74, 6) is -0.0467. The number of hydrogen-bond acceptors (Lipinski definition) is 5. The van der Waals surface area contributed by atoms with E-state index in [1.54, 1.807) is 24.3 Å². The maximum atomic E-state index is 13.9. The summed E-state index contributed by atoms with van der Waals surface area (Å²) in [6, 6.07) is 16.0. The Morgan fingerprint density at radius 2 is 1.69 bits per heavy atom. The van der Waals surface area contributed by atoms with Crippen molar-refractivity contribution in [2.75, 3.05) is 7.11 Å². The van der Waals surface area contributed by atoms with Crippen molar-refractivity contribution in [1.29, 1.82) is 0 Å². The van der Waals surface area contributed by atoms with Crippen molar-refractivity contribution in [3.63, 3.8) is 0 Å². The Kier molecular flexibility index (Phi) is 8.51. The number of methoxy groups -OCH3 is 1. The summed E-state index contributed by atoms with van der Waals surface area (Å²) in [6.45, 7) is 3.45. The van der Waals surface area contributed by atoms with E-state index < -0.39 is 17.0 Å². The zero-order valence-electron chi connectivity index (χ0n) is 21.4. The van der Waals surface area contributed by atoms with E-state index in [-0.39, 0.29) is 24.3 Å². The van der Waals surface area contributed by atoms with Gasteiger partial charge in [0.25, 0.3) is 0 Å². The van der Waals surface area contributed by atoms with E-state index >= 15 is 0 Å². The monoisotopic (exact) mass is 575 g/mol. The van der Waals surface area contributed by atoms with Crippen LogP contribution in [-0.4, -0.2) is 22.6 Å². The minimum atomic E-state index is -4.59. The minimum absolute atomic E-state index is 0.0602. The average molecular weight is 576 g/mol. The zero-order chi connectivity index (χ0) is 28.3. The molecule has 0 amide bonds. The highest BCUT2D eigenvalue weighted by molar-refractivity contribution is 7.06. The number of benzene rings is 3. The van der Waals surface area contributed by atoms with Gasteiger partial charge >= 0.3 is 12.1 Å². The predicted molar refractivity (Wildman–Crippen MR) is 146 cm³/mol. The number of carboxylic acids is 1. The van der Waals surface area contributed by atoms with Crippen LogP contribution < -0.4 is 9.47 Å². The second-order valence-corrected chi connectivity index (χ2v) is 10.1. The van der Waals surface area contributed by atoms with Crippen LogP contribution in [0.1, 0.15) is 33.6 Å². The first kappa shape index (κ1) is 28.4. The number of rotatable bonds is 9. The molecule has 0 bridgehead atoms. The van der Waals surface area contributed by atoms with E-state index in [0.717, 1.165) is 27.8 Å². The first-order valence-electron chi connectivity index (χ1n) is 11.9. The molecule has 4 aromatic rings. The molecule has 0 unspecified atom stereocenters. The zero-order valence-corrected chi connectivity index (χ0v) is 22.9. The Hall–Kier alpha value is -3.56. The Labute approximate surface area is 233 Å². The van der Waals surface area contributed by atoms with Gasteiger partial charge in [0.05, 0.1) is 17.8 Å². The van der Waals surface area contributed by atoms with Crippen molar-refractivity contribution in [2.24, 2.45) is 0 Å². The number of aryl methyl sites for hydroxylation is 1. The van der Waals surface area contributed by atoms with E-state index in [4.69, 9.17) is 26.2 Å². The van der Waals surface area contributed by atoms with Gasteiger partial charge in [-0.15, -0.1) is 0 Å². The summed E-state index contributed by atoms with van der Waals surface area (Å²) in [6.07, 6.45) is -4.08. The van der Waals surface area contributed by atoms with E-state index in [9.17, 15) is 18.0 Å². The fraction of sp³-hybridized carbons (Fsp3) is 0.241. The third-order valence-corrected chi connectivity index (χ3v) is 7.72. The third kappa shape index (κ3) is 6.37. The highest BCUT2D eigenvalue weighted by atomic mass is 35.5. The van der Waals surface area contributed by atoms with Gasteiger partial charge in [-0.05, 0) is 77.8 Å². The lowest BCUT2D eigenvalue weighted by Gasteiger charge is -2.16. The van der Waals surface area contributed by atoms with E-state index in [0.29, 0.717) is 40.0 Å². The maximum Gasteiger partial charge on any atom is 0.427 e. The molecule has 0 saturated heterocycles. The van der Waals surface area contributed by atoms with Gasteiger partial charge in [-0.1, -0.05) is 48.0 Å². The second-order valence-electron chi connectivity index (χ2n) is 8.93. The number of nitrogens with zero attached hydrogens (tertiary/aromatic N) is 1. The molecule has 0 aliphatic heterocycles. The lowest BCUT2D eigenvalue weighted by Crippen LogP contribution is -2.09. The van der Waals surface area contributed by atoms with Crippen LogP contribution in [0.25, 0.3) is 22.4 Å². The highest BCUT2D eigenvalue weighted by Gasteiger charge is 2.38. The van der Waals surface area contributed by atoms with Gasteiger partial charge in [0, 0.05) is 17.5 Å². The molecule has 0 aliphatic carbocycles. The molecule has 3 aromatic carbocycles. The molecule has 204 valence electrons. The van der Waals surface area contributed by atoms with Crippen molar-refractivity contribution in [3.05, 3.63) is 86.8 Å². The number of alkyl halides is 3. The first-order valence-corrected chi connectivity index (χ1v) is 13.1. The smallest absolute Gasteiger partial charge is 0.427 e. The van der Waals surface area contributed by atoms with E-state index in [1.807, 2.05) is 44.2 Å². The molecule has 0 saturated carbocycles. The molecule has 10 heteroatoms. The van der Waals surface area contributed by atoms with Crippen molar-refractivity contribution in [2.45, 2.75) is 39.5 Å². The van der Waals surface area contributed by atoms with Crippen LogP contribution in [0.2, 0.25) is 5.02 Å². The Morgan fingerprint density at radius 3 is 2.33 bits per heavy atom. The molecular weight excluding hydrogens is 551 g/mol. The molecule has 0 spiro atoms. The average Bonchev–Trinajstić information content (AvgIpc) is 3.34. The fourth-order valence-electron chi connectivity index (χ4n) is 4.22. The van der Waals surface area contributed by atoms with E-state index in [1.165, 1.54) is 7.11 Å². The number of ether oxygens (including phenoxy) is 2. The van der Waals surface area contributed by atoms with Crippen molar-refractivity contribution >= 4 is 29.1 Å². The standard InChI is InChI=1S/C29H25ClF3NO4S/c1-16-17(2)24(12-10-21(16)19-7-4-18(5-8-19)6-13-26(35)36)38-15-22-27(34-39-28(22)29(31,32)33)20-9-11-23(30)25(14-20)37-3/h4-5,7-12,14H,6,13,15H2,1-3H3,(H,35,36). The van der Waals surface area contributed by atoms with Gasteiger partial charge in [-0.3, -0.25) is 4.79 Å². The SMILES string of the molecule is COc1cc(-c2nsc(C(F)(F)F)c2COc2ccc(-c3ccc(CCC(=O)O)cc3)c(C)c2C)ccc1Cl. The van der Waals surface area contributed by atoms with Crippen LogP contribution >= 0.6 is 23.1 Å². The second kappa shape index (κ2) is 11.7. The number of aromatic nitrogens is 1. The van der Waals surface area contributed by atoms with Gasteiger partial charge < -0.3 is 14.6 Å². The fourth-order valence-corrected chi connectivity index (χ4v) is 5.18. The molecule has 4 rings (SSSR count). The van der Waals surface area contributed by atoms with Gasteiger partial charge in [0.2, 0.25) is 0 Å². The Morgan fingerprint density at radius 1 is 1.00 bits per heavy atom. The molecule has 1 aromatic heterocycles. The Bertz CT molecular complexity index is 1500. The van der Waals surface area contributed by atoms with Crippen LogP contribution in [0.4, 0.5) is 13.2 Å². The summed E-state index contributed by atoms with van der Waals surface area (Å²) in [7, 11) is 1.43. The molecule has 1 N–H and O–H groups in total. The molecule has 0 aliphatic rings. The van der Waals surface area contributed by atoms with Crippen molar-refractivity contribution in [1.82, 2.24) is 4.37 Å². The summed E-state index contributed by atoms with van der Waals surface area (Å²) in [5.41, 5.74) is 5.09. The van der Waals surface area contributed by atoms with Gasteiger partial charge in [0.15, 0.2) is 0 Å². The number of carbonyl (C=O) groups is 1. The molecule has 0 radical (unpaired) electrons. The van der Waals surface area contributed by atoms with Crippen LogP contribution in [0.3, 0.4) is 0 Å². The summed E-state index contributed by atoms with van der Waals surface area (Å²) in [4.78, 5) is 10.0. The molecule has 5 nitrogen and oxygen atoms in total. The largest absolute Gasteiger partial charge is 0.495 e. The van der Waals surface area contributed by atoms with Crippen LogP contribution in [-0.2, 0) is 24.0 Å². The predicted octanol–water partition coefficient (Wildman–Crippen LogP) is 8.37. The quantitative estimate of drug-likeness (QED) is 0.217. The topological polar surface area (TPSA) is 68.7 Å². The van der Waals surface area contributed by atoms with Crippen LogP contribution in [0.5, 0.6) is 11.5 Å². The third-order valence-electron chi connectivity index (χ3n) is 6.47. The van der Waals surface area contributed by atoms with E-state index in [2.05, 4.69) is 4.37 Å².